The van der Waals surface area contributed by atoms with E-state index in [4.69, 9.17) is 4.74 Å². The van der Waals surface area contributed by atoms with Crippen molar-refractivity contribution >= 4 is 5.82 Å². The molecule has 1 aliphatic rings. The third kappa shape index (κ3) is 2.65. The van der Waals surface area contributed by atoms with Crippen LogP contribution < -0.4 is 4.90 Å². The van der Waals surface area contributed by atoms with Crippen molar-refractivity contribution in [2.24, 2.45) is 0 Å². The second kappa shape index (κ2) is 5.07. The van der Waals surface area contributed by atoms with Gasteiger partial charge in [0.2, 0.25) is 0 Å². The predicted octanol–water partition coefficient (Wildman–Crippen LogP) is 1.61. The van der Waals surface area contributed by atoms with Crippen molar-refractivity contribution < 1.29 is 4.74 Å². The smallest absolute Gasteiger partial charge is 0.156 e. The molecule has 0 atom stereocenters. The standard InChI is InChI=1S/C11H17N3O/c1-15-9-10-12-6-5-11(13-10)14-7-3-2-4-8-14/h5-6H,2-4,7-9H2,1H3. The summed E-state index contributed by atoms with van der Waals surface area (Å²) in [5.41, 5.74) is 0. The van der Waals surface area contributed by atoms with Crippen LogP contribution >= 0.6 is 0 Å². The zero-order valence-electron chi connectivity index (χ0n) is 9.15. The summed E-state index contributed by atoms with van der Waals surface area (Å²) in [6.07, 6.45) is 5.69. The molecule has 0 spiro atoms. The Labute approximate surface area is 90.3 Å². The van der Waals surface area contributed by atoms with Gasteiger partial charge in [-0.05, 0) is 25.3 Å². The molecule has 4 nitrogen and oxygen atoms in total. The molecule has 82 valence electrons. The summed E-state index contributed by atoms with van der Waals surface area (Å²) in [5, 5.41) is 0. The van der Waals surface area contributed by atoms with E-state index in [1.165, 1.54) is 19.3 Å². The third-order valence-corrected chi connectivity index (χ3v) is 2.64. The first-order valence-electron chi connectivity index (χ1n) is 5.46. The van der Waals surface area contributed by atoms with E-state index in [1.807, 2.05) is 12.3 Å². The highest BCUT2D eigenvalue weighted by Crippen LogP contribution is 2.16. The van der Waals surface area contributed by atoms with Crippen molar-refractivity contribution in [3.8, 4) is 0 Å². The third-order valence-electron chi connectivity index (χ3n) is 2.64. The quantitative estimate of drug-likeness (QED) is 0.754. The van der Waals surface area contributed by atoms with Gasteiger partial charge in [0.15, 0.2) is 5.82 Å². The van der Waals surface area contributed by atoms with Gasteiger partial charge in [-0.3, -0.25) is 0 Å². The topological polar surface area (TPSA) is 38.2 Å². The van der Waals surface area contributed by atoms with Gasteiger partial charge in [-0.1, -0.05) is 0 Å². The van der Waals surface area contributed by atoms with Crippen LogP contribution in [0.4, 0.5) is 5.82 Å². The van der Waals surface area contributed by atoms with Crippen LogP contribution in [0.3, 0.4) is 0 Å². The molecule has 0 aromatic carbocycles. The van der Waals surface area contributed by atoms with Crippen molar-refractivity contribution in [1.82, 2.24) is 9.97 Å². The molecule has 0 unspecified atom stereocenters. The Bertz CT molecular complexity index is 310. The van der Waals surface area contributed by atoms with Crippen LogP contribution in [0.25, 0.3) is 0 Å². The highest BCUT2D eigenvalue weighted by Gasteiger charge is 2.12. The fraction of sp³-hybridized carbons (Fsp3) is 0.636. The summed E-state index contributed by atoms with van der Waals surface area (Å²) in [6, 6.07) is 1.98. The lowest BCUT2D eigenvalue weighted by Crippen LogP contribution is -2.30. The van der Waals surface area contributed by atoms with Gasteiger partial charge in [0, 0.05) is 26.4 Å². The van der Waals surface area contributed by atoms with Crippen LogP contribution in [0.5, 0.6) is 0 Å². The minimum Gasteiger partial charge on any atom is -0.377 e. The van der Waals surface area contributed by atoms with E-state index in [0.717, 1.165) is 24.7 Å². The fourth-order valence-electron chi connectivity index (χ4n) is 1.89. The van der Waals surface area contributed by atoms with Crippen molar-refractivity contribution in [3.63, 3.8) is 0 Å². The molecule has 0 N–H and O–H groups in total. The molecule has 2 rings (SSSR count). The van der Waals surface area contributed by atoms with Crippen molar-refractivity contribution in [3.05, 3.63) is 18.1 Å². The van der Waals surface area contributed by atoms with E-state index in [2.05, 4.69) is 14.9 Å². The van der Waals surface area contributed by atoms with Crippen LogP contribution in [0.1, 0.15) is 25.1 Å². The van der Waals surface area contributed by atoms with E-state index in [-0.39, 0.29) is 0 Å². The van der Waals surface area contributed by atoms with Gasteiger partial charge in [-0.15, -0.1) is 0 Å². The van der Waals surface area contributed by atoms with Gasteiger partial charge in [0.05, 0.1) is 0 Å². The Morgan fingerprint density at radius 1 is 1.33 bits per heavy atom. The van der Waals surface area contributed by atoms with Crippen LogP contribution in [0.2, 0.25) is 0 Å². The number of methoxy groups -OCH3 is 1. The molecular formula is C11H17N3O. The fourth-order valence-corrected chi connectivity index (χ4v) is 1.89. The molecule has 2 heterocycles. The number of aromatic nitrogens is 2. The zero-order valence-corrected chi connectivity index (χ0v) is 9.15. The Balaban J connectivity index is 2.09. The van der Waals surface area contributed by atoms with Crippen LogP contribution in [0, 0.1) is 0 Å². The summed E-state index contributed by atoms with van der Waals surface area (Å²) < 4.78 is 5.03. The second-order valence-corrected chi connectivity index (χ2v) is 3.81. The highest BCUT2D eigenvalue weighted by atomic mass is 16.5. The number of piperidine rings is 1. The Morgan fingerprint density at radius 2 is 2.13 bits per heavy atom. The molecule has 0 saturated carbocycles. The lowest BCUT2D eigenvalue weighted by atomic mass is 10.1. The van der Waals surface area contributed by atoms with Gasteiger partial charge in [-0.25, -0.2) is 9.97 Å². The molecule has 15 heavy (non-hydrogen) atoms. The minimum absolute atomic E-state index is 0.488. The van der Waals surface area contributed by atoms with Crippen molar-refractivity contribution in [2.45, 2.75) is 25.9 Å². The lowest BCUT2D eigenvalue weighted by Gasteiger charge is -2.27. The largest absolute Gasteiger partial charge is 0.377 e. The number of hydrogen-bond acceptors (Lipinski definition) is 4. The van der Waals surface area contributed by atoms with Crippen LogP contribution in [0.15, 0.2) is 12.3 Å². The number of rotatable bonds is 3. The Kier molecular flexibility index (Phi) is 3.50. The second-order valence-electron chi connectivity index (χ2n) is 3.81. The average molecular weight is 207 g/mol. The molecule has 0 radical (unpaired) electrons. The summed E-state index contributed by atoms with van der Waals surface area (Å²) in [4.78, 5) is 11.0. The first-order chi connectivity index (χ1) is 7.40. The molecule has 0 bridgehead atoms. The molecule has 0 amide bonds. The maximum absolute atomic E-state index is 5.03. The predicted molar refractivity (Wildman–Crippen MR) is 58.8 cm³/mol. The first kappa shape index (κ1) is 10.4. The molecule has 1 saturated heterocycles. The summed E-state index contributed by atoms with van der Waals surface area (Å²) in [5.74, 6) is 1.80. The molecule has 4 heteroatoms. The Hall–Kier alpha value is -1.16. The molecule has 1 aromatic heterocycles. The minimum atomic E-state index is 0.488. The van der Waals surface area contributed by atoms with Crippen LogP contribution in [-0.2, 0) is 11.3 Å². The van der Waals surface area contributed by atoms with Gasteiger partial charge in [0.1, 0.15) is 12.4 Å². The van der Waals surface area contributed by atoms with Gasteiger partial charge in [0.25, 0.3) is 0 Å². The first-order valence-corrected chi connectivity index (χ1v) is 5.46. The molecule has 1 aromatic rings. The molecular weight excluding hydrogens is 190 g/mol. The number of hydrogen-bond donors (Lipinski definition) is 0. The van der Waals surface area contributed by atoms with Gasteiger partial charge < -0.3 is 9.64 Å². The van der Waals surface area contributed by atoms with Gasteiger partial charge >= 0.3 is 0 Å². The number of nitrogens with zero attached hydrogens (tertiary/aromatic N) is 3. The number of anilines is 1. The monoisotopic (exact) mass is 207 g/mol. The highest BCUT2D eigenvalue weighted by molar-refractivity contribution is 5.37. The van der Waals surface area contributed by atoms with Crippen LogP contribution in [-0.4, -0.2) is 30.2 Å². The van der Waals surface area contributed by atoms with Crippen molar-refractivity contribution in [1.29, 1.82) is 0 Å². The molecule has 1 aliphatic heterocycles. The van der Waals surface area contributed by atoms with Crippen molar-refractivity contribution in [2.75, 3.05) is 25.1 Å². The zero-order chi connectivity index (χ0) is 10.5. The van der Waals surface area contributed by atoms with Gasteiger partial charge in [-0.2, -0.15) is 0 Å². The normalized spacial score (nSPS) is 16.7. The van der Waals surface area contributed by atoms with E-state index >= 15 is 0 Å². The number of ether oxygens (including phenoxy) is 1. The van der Waals surface area contributed by atoms with E-state index in [0.29, 0.717) is 6.61 Å². The summed E-state index contributed by atoms with van der Waals surface area (Å²) in [7, 11) is 1.66. The summed E-state index contributed by atoms with van der Waals surface area (Å²) in [6.45, 7) is 2.72. The SMILES string of the molecule is COCc1nccc(N2CCCCC2)n1. The maximum Gasteiger partial charge on any atom is 0.156 e. The van der Waals surface area contributed by atoms with E-state index in [1.54, 1.807) is 7.11 Å². The van der Waals surface area contributed by atoms with E-state index in [9.17, 15) is 0 Å². The Morgan fingerprint density at radius 3 is 2.87 bits per heavy atom. The lowest BCUT2D eigenvalue weighted by molar-refractivity contribution is 0.178. The summed E-state index contributed by atoms with van der Waals surface area (Å²) >= 11 is 0. The maximum atomic E-state index is 5.03. The molecule has 1 fully saturated rings. The molecule has 0 aliphatic carbocycles. The van der Waals surface area contributed by atoms with E-state index < -0.39 is 0 Å². The average Bonchev–Trinajstić information content (AvgIpc) is 2.31.